The van der Waals surface area contributed by atoms with Crippen LogP contribution in [0.5, 0.6) is 0 Å². The summed E-state index contributed by atoms with van der Waals surface area (Å²) in [6, 6.07) is 32.1. The molecule has 0 aliphatic heterocycles. The Bertz CT molecular complexity index is 1310. The maximum Gasteiger partial charge on any atom is 0.0725 e. The second-order valence-electron chi connectivity index (χ2n) is 10.1. The average Bonchev–Trinajstić information content (AvgIpc) is 3.35. The van der Waals surface area contributed by atoms with Gasteiger partial charge in [0.2, 0.25) is 0 Å². The SMILES string of the molecule is COC(C)Cc1ccc2c(c1)C1(c3ccccc3-c3ccccc31)c1cc(CC(C)OC)ccc1-2. The predicted octanol–water partition coefficient (Wildman–Crippen LogP) is 7.18. The molecule has 176 valence electrons. The molecule has 2 atom stereocenters. The molecule has 0 bridgehead atoms. The number of rotatable bonds is 6. The van der Waals surface area contributed by atoms with Crippen LogP contribution in [0.4, 0.5) is 0 Å². The zero-order chi connectivity index (χ0) is 24.2. The number of benzene rings is 4. The standard InChI is InChI=1S/C33H32O2/c1-21(34-3)17-23-13-15-27-28-16-14-24(18-22(2)35-4)20-32(28)33(31(27)19-23)29-11-7-5-9-25(29)26-10-6-8-12-30(26)33/h5-16,19-22H,17-18H2,1-4H3. The molecular formula is C33H32O2. The van der Waals surface area contributed by atoms with Crippen molar-refractivity contribution in [1.82, 2.24) is 0 Å². The Labute approximate surface area is 208 Å². The first-order chi connectivity index (χ1) is 17.1. The monoisotopic (exact) mass is 460 g/mol. The molecule has 0 radical (unpaired) electrons. The van der Waals surface area contributed by atoms with E-state index in [1.54, 1.807) is 14.2 Å². The van der Waals surface area contributed by atoms with E-state index in [-0.39, 0.29) is 17.6 Å². The van der Waals surface area contributed by atoms with Crippen molar-refractivity contribution in [3.8, 4) is 22.3 Å². The van der Waals surface area contributed by atoms with Gasteiger partial charge >= 0.3 is 0 Å². The first-order valence-electron chi connectivity index (χ1n) is 12.6. The van der Waals surface area contributed by atoms with Crippen LogP contribution in [0.2, 0.25) is 0 Å². The topological polar surface area (TPSA) is 18.5 Å². The Hall–Kier alpha value is -3.20. The van der Waals surface area contributed by atoms with Crippen LogP contribution in [0.3, 0.4) is 0 Å². The van der Waals surface area contributed by atoms with Crippen molar-refractivity contribution in [2.75, 3.05) is 14.2 Å². The normalized spacial score (nSPS) is 15.9. The molecule has 6 rings (SSSR count). The minimum absolute atomic E-state index is 0.179. The molecular weight excluding hydrogens is 428 g/mol. The second kappa shape index (κ2) is 8.48. The molecule has 35 heavy (non-hydrogen) atoms. The Kier molecular flexibility index (Phi) is 5.40. The Morgan fingerprint density at radius 3 is 1.37 bits per heavy atom. The first-order valence-corrected chi connectivity index (χ1v) is 12.6. The van der Waals surface area contributed by atoms with Crippen LogP contribution in [0.15, 0.2) is 84.9 Å². The van der Waals surface area contributed by atoms with E-state index in [0.717, 1.165) is 12.8 Å². The van der Waals surface area contributed by atoms with E-state index >= 15 is 0 Å². The summed E-state index contributed by atoms with van der Waals surface area (Å²) in [7, 11) is 3.59. The van der Waals surface area contributed by atoms with E-state index in [4.69, 9.17) is 9.47 Å². The van der Waals surface area contributed by atoms with Gasteiger partial charge in [0, 0.05) is 14.2 Å². The minimum atomic E-state index is -0.309. The van der Waals surface area contributed by atoms with Crippen molar-refractivity contribution < 1.29 is 9.47 Å². The number of hydrogen-bond donors (Lipinski definition) is 0. The summed E-state index contributed by atoms with van der Waals surface area (Å²) in [5.74, 6) is 0. The van der Waals surface area contributed by atoms with Crippen molar-refractivity contribution in [2.24, 2.45) is 0 Å². The number of ether oxygens (including phenoxy) is 2. The Balaban J connectivity index is 1.67. The molecule has 0 fully saturated rings. The number of hydrogen-bond acceptors (Lipinski definition) is 2. The molecule has 2 aliphatic rings. The zero-order valence-corrected chi connectivity index (χ0v) is 21.0. The fourth-order valence-electron chi connectivity index (χ4n) is 6.32. The van der Waals surface area contributed by atoms with Crippen LogP contribution < -0.4 is 0 Å². The van der Waals surface area contributed by atoms with Crippen molar-refractivity contribution in [2.45, 2.75) is 44.3 Å². The number of methoxy groups -OCH3 is 2. The van der Waals surface area contributed by atoms with Gasteiger partial charge in [0.25, 0.3) is 0 Å². The van der Waals surface area contributed by atoms with Crippen LogP contribution in [0, 0.1) is 0 Å². The van der Waals surface area contributed by atoms with Gasteiger partial charge < -0.3 is 9.47 Å². The van der Waals surface area contributed by atoms with Crippen LogP contribution in [-0.2, 0) is 27.7 Å². The third-order valence-corrected chi connectivity index (χ3v) is 8.07. The Morgan fingerprint density at radius 1 is 0.543 bits per heavy atom. The van der Waals surface area contributed by atoms with Crippen LogP contribution >= 0.6 is 0 Å². The lowest BCUT2D eigenvalue weighted by molar-refractivity contribution is 0.118. The van der Waals surface area contributed by atoms with Gasteiger partial charge in [-0.05, 0) is 82.3 Å². The maximum absolute atomic E-state index is 5.62. The highest BCUT2D eigenvalue weighted by atomic mass is 16.5. The van der Waals surface area contributed by atoms with Crippen molar-refractivity contribution in [3.63, 3.8) is 0 Å². The smallest absolute Gasteiger partial charge is 0.0725 e. The van der Waals surface area contributed by atoms with Crippen molar-refractivity contribution >= 4 is 0 Å². The average molecular weight is 461 g/mol. The van der Waals surface area contributed by atoms with Gasteiger partial charge in [-0.2, -0.15) is 0 Å². The molecule has 0 amide bonds. The van der Waals surface area contributed by atoms with E-state index in [1.165, 1.54) is 55.6 Å². The lowest BCUT2D eigenvalue weighted by Gasteiger charge is -2.31. The summed E-state index contributed by atoms with van der Waals surface area (Å²) in [5.41, 5.74) is 13.2. The Morgan fingerprint density at radius 2 is 0.943 bits per heavy atom. The van der Waals surface area contributed by atoms with E-state index in [0.29, 0.717) is 0 Å². The van der Waals surface area contributed by atoms with E-state index in [2.05, 4.69) is 98.8 Å². The summed E-state index contributed by atoms with van der Waals surface area (Å²) in [4.78, 5) is 0. The van der Waals surface area contributed by atoms with Gasteiger partial charge in [-0.25, -0.2) is 0 Å². The highest BCUT2D eigenvalue weighted by Crippen LogP contribution is 2.62. The molecule has 0 aromatic heterocycles. The molecule has 2 nitrogen and oxygen atoms in total. The maximum atomic E-state index is 5.62. The molecule has 2 unspecified atom stereocenters. The molecule has 4 aromatic rings. The third-order valence-electron chi connectivity index (χ3n) is 8.07. The van der Waals surface area contributed by atoms with Gasteiger partial charge in [-0.3, -0.25) is 0 Å². The lowest BCUT2D eigenvalue weighted by atomic mass is 9.70. The molecule has 4 aromatic carbocycles. The van der Waals surface area contributed by atoms with Crippen molar-refractivity contribution in [1.29, 1.82) is 0 Å². The molecule has 0 saturated carbocycles. The van der Waals surface area contributed by atoms with Gasteiger partial charge in [-0.15, -0.1) is 0 Å². The minimum Gasteiger partial charge on any atom is -0.381 e. The largest absolute Gasteiger partial charge is 0.381 e. The molecule has 2 heteroatoms. The first kappa shape index (κ1) is 22.3. The van der Waals surface area contributed by atoms with E-state index in [1.807, 2.05) is 0 Å². The second-order valence-corrected chi connectivity index (χ2v) is 10.1. The molecule has 0 heterocycles. The summed E-state index contributed by atoms with van der Waals surface area (Å²) < 4.78 is 11.2. The lowest BCUT2D eigenvalue weighted by Crippen LogP contribution is -2.26. The fraction of sp³-hybridized carbons (Fsp3) is 0.273. The van der Waals surface area contributed by atoms with Crippen LogP contribution in [0.1, 0.15) is 47.2 Å². The quantitative estimate of drug-likeness (QED) is 0.262. The van der Waals surface area contributed by atoms with Gasteiger partial charge in [0.1, 0.15) is 0 Å². The number of fused-ring (bicyclic) bond motifs is 10. The summed E-state index contributed by atoms with van der Waals surface area (Å²) in [6.45, 7) is 4.28. The summed E-state index contributed by atoms with van der Waals surface area (Å²) in [5, 5.41) is 0. The molecule has 1 spiro atoms. The van der Waals surface area contributed by atoms with Gasteiger partial charge in [-0.1, -0.05) is 84.9 Å². The highest BCUT2D eigenvalue weighted by Gasteiger charge is 2.51. The van der Waals surface area contributed by atoms with E-state index < -0.39 is 0 Å². The fourth-order valence-corrected chi connectivity index (χ4v) is 6.32. The molecule has 0 N–H and O–H groups in total. The summed E-state index contributed by atoms with van der Waals surface area (Å²) in [6.07, 6.45) is 2.16. The van der Waals surface area contributed by atoms with Crippen LogP contribution in [0.25, 0.3) is 22.3 Å². The summed E-state index contributed by atoms with van der Waals surface area (Å²) >= 11 is 0. The molecule has 0 saturated heterocycles. The van der Waals surface area contributed by atoms with Crippen LogP contribution in [-0.4, -0.2) is 26.4 Å². The van der Waals surface area contributed by atoms with E-state index in [9.17, 15) is 0 Å². The van der Waals surface area contributed by atoms with Gasteiger partial charge in [0.05, 0.1) is 17.6 Å². The zero-order valence-electron chi connectivity index (χ0n) is 21.0. The highest BCUT2D eigenvalue weighted by molar-refractivity contribution is 5.95. The molecule has 2 aliphatic carbocycles. The van der Waals surface area contributed by atoms with Gasteiger partial charge in [0.15, 0.2) is 0 Å². The third kappa shape index (κ3) is 3.24. The predicted molar refractivity (Wildman–Crippen MR) is 143 cm³/mol. The van der Waals surface area contributed by atoms with Crippen molar-refractivity contribution in [3.05, 3.63) is 118 Å².